The molecule has 4 rings (SSSR count). The number of carbonyl (C=O) groups excluding carboxylic acids is 1. The molecule has 0 aromatic heterocycles. The smallest absolute Gasteiger partial charge is 0.255 e. The second-order valence-electron chi connectivity index (χ2n) is 8.33. The van der Waals surface area contributed by atoms with Gasteiger partial charge in [-0.05, 0) is 49.2 Å². The van der Waals surface area contributed by atoms with Gasteiger partial charge in [0, 0.05) is 13.1 Å². The summed E-state index contributed by atoms with van der Waals surface area (Å²) in [7, 11) is 1.55. The van der Waals surface area contributed by atoms with Gasteiger partial charge in [0.2, 0.25) is 5.75 Å². The molecular weight excluding hydrogens is 452 g/mol. The molecule has 1 N–H and O–H groups in total. The molecule has 1 fully saturated rings. The second kappa shape index (κ2) is 14.8. The molecule has 36 heavy (non-hydrogen) atoms. The number of benzene rings is 3. The third kappa shape index (κ3) is 7.75. The lowest BCUT2D eigenvalue weighted by Gasteiger charge is -2.19. The van der Waals surface area contributed by atoms with Crippen molar-refractivity contribution in [2.24, 2.45) is 0 Å². The molecule has 0 spiro atoms. The number of methoxy groups -OCH3 is 1. The minimum Gasteiger partial charge on any atom is -0.492 e. The number of ether oxygens (including phenoxy) is 3. The minimum absolute atomic E-state index is 0.185. The van der Waals surface area contributed by atoms with E-state index in [1.165, 1.54) is 12.8 Å². The molecule has 3 aromatic rings. The molecule has 3 aromatic carbocycles. The fraction of sp³-hybridized carbons (Fsp3) is 0.367. The van der Waals surface area contributed by atoms with Crippen LogP contribution >= 0.6 is 0 Å². The van der Waals surface area contributed by atoms with Crippen LogP contribution in [0.1, 0.15) is 48.2 Å². The Morgan fingerprint density at radius 3 is 1.97 bits per heavy atom. The molecular formula is C30H38N2O4. The summed E-state index contributed by atoms with van der Waals surface area (Å²) in [5.41, 5.74) is 2.48. The largest absolute Gasteiger partial charge is 0.492 e. The first-order chi connectivity index (χ1) is 17.7. The maximum absolute atomic E-state index is 13.0. The van der Waals surface area contributed by atoms with Crippen LogP contribution < -0.4 is 19.5 Å². The third-order valence-electron chi connectivity index (χ3n) is 5.90. The molecule has 0 aliphatic carbocycles. The summed E-state index contributed by atoms with van der Waals surface area (Å²) < 4.78 is 17.9. The molecule has 1 aliphatic heterocycles. The molecule has 0 bridgehead atoms. The number of nitrogens with one attached hydrogen (secondary N) is 1. The Bertz CT molecular complexity index is 1050. The van der Waals surface area contributed by atoms with Gasteiger partial charge in [0.15, 0.2) is 11.5 Å². The molecule has 0 unspecified atom stereocenters. The summed E-state index contributed by atoms with van der Waals surface area (Å²) in [6.45, 7) is 8.36. The van der Waals surface area contributed by atoms with Crippen molar-refractivity contribution >= 4 is 5.91 Å². The van der Waals surface area contributed by atoms with Crippen molar-refractivity contribution in [2.75, 3.05) is 33.3 Å². The lowest BCUT2D eigenvalue weighted by Crippen LogP contribution is -2.33. The predicted octanol–water partition coefficient (Wildman–Crippen LogP) is 5.71. The van der Waals surface area contributed by atoms with E-state index in [0.29, 0.717) is 42.6 Å². The molecule has 6 nitrogen and oxygen atoms in total. The standard InChI is InChI=1S/C28H32N2O4.C2H6/c1-32-26-24(28(31)29-16-19-30-17-8-9-18-30)14-15-25(33-20-22-10-4-2-5-11-22)27(26)34-21-23-12-6-3-7-13-23;1-2/h2-7,10-15H,8-9,16-21H2,1H3,(H,29,31);1-2H3. The SMILES string of the molecule is CC.COc1c(C(=O)NCCN2CCCC2)ccc(OCc2ccccc2)c1OCc1ccccc1. The van der Waals surface area contributed by atoms with Crippen molar-refractivity contribution in [3.63, 3.8) is 0 Å². The van der Waals surface area contributed by atoms with Gasteiger partial charge in [-0.25, -0.2) is 0 Å². The van der Waals surface area contributed by atoms with Crippen LogP contribution in [0.2, 0.25) is 0 Å². The topological polar surface area (TPSA) is 60.0 Å². The third-order valence-corrected chi connectivity index (χ3v) is 5.90. The first-order valence-corrected chi connectivity index (χ1v) is 12.8. The molecule has 192 valence electrons. The highest BCUT2D eigenvalue weighted by molar-refractivity contribution is 5.98. The van der Waals surface area contributed by atoms with E-state index in [2.05, 4.69) is 10.2 Å². The average molecular weight is 491 g/mol. The van der Waals surface area contributed by atoms with E-state index >= 15 is 0 Å². The molecule has 0 radical (unpaired) electrons. The number of amides is 1. The normalized spacial score (nSPS) is 12.9. The summed E-state index contributed by atoms with van der Waals surface area (Å²) in [4.78, 5) is 15.4. The van der Waals surface area contributed by atoms with Crippen molar-refractivity contribution in [2.45, 2.75) is 39.9 Å². The van der Waals surface area contributed by atoms with E-state index in [-0.39, 0.29) is 5.91 Å². The van der Waals surface area contributed by atoms with Crippen LogP contribution in [-0.2, 0) is 13.2 Å². The Morgan fingerprint density at radius 2 is 1.39 bits per heavy atom. The molecule has 1 aliphatic rings. The fourth-order valence-electron chi connectivity index (χ4n) is 4.07. The molecule has 1 amide bonds. The van der Waals surface area contributed by atoms with Crippen molar-refractivity contribution in [1.29, 1.82) is 0 Å². The maximum atomic E-state index is 13.0. The summed E-state index contributed by atoms with van der Waals surface area (Å²) in [6, 6.07) is 23.3. The van der Waals surface area contributed by atoms with Crippen LogP contribution in [0.25, 0.3) is 0 Å². The van der Waals surface area contributed by atoms with E-state index in [1.54, 1.807) is 19.2 Å². The van der Waals surface area contributed by atoms with Crippen LogP contribution in [0, 0.1) is 0 Å². The number of nitrogens with zero attached hydrogens (tertiary/aromatic N) is 1. The Morgan fingerprint density at radius 1 is 0.806 bits per heavy atom. The first-order valence-electron chi connectivity index (χ1n) is 12.8. The van der Waals surface area contributed by atoms with Crippen molar-refractivity contribution in [3.8, 4) is 17.2 Å². The Hall–Kier alpha value is -3.51. The van der Waals surface area contributed by atoms with Crippen LogP contribution in [0.4, 0.5) is 0 Å². The molecule has 6 heteroatoms. The highest BCUT2D eigenvalue weighted by Gasteiger charge is 2.22. The van der Waals surface area contributed by atoms with Crippen LogP contribution in [0.15, 0.2) is 72.8 Å². The fourth-order valence-corrected chi connectivity index (χ4v) is 4.07. The highest BCUT2D eigenvalue weighted by Crippen LogP contribution is 2.41. The zero-order valence-electron chi connectivity index (χ0n) is 21.7. The monoisotopic (exact) mass is 490 g/mol. The van der Waals surface area contributed by atoms with Gasteiger partial charge in [0.05, 0.1) is 12.7 Å². The molecule has 1 saturated heterocycles. The summed E-state index contributed by atoms with van der Waals surface area (Å²) in [5, 5.41) is 3.02. The van der Waals surface area contributed by atoms with Gasteiger partial charge in [0.25, 0.3) is 5.91 Å². The summed E-state index contributed by atoms with van der Waals surface area (Å²) in [6.07, 6.45) is 2.46. The van der Waals surface area contributed by atoms with E-state index < -0.39 is 0 Å². The van der Waals surface area contributed by atoms with Gasteiger partial charge in [-0.1, -0.05) is 74.5 Å². The Kier molecular flexibility index (Phi) is 11.1. The number of likely N-dealkylation sites (tertiary alicyclic amines) is 1. The highest BCUT2D eigenvalue weighted by atomic mass is 16.5. The van der Waals surface area contributed by atoms with E-state index in [4.69, 9.17) is 14.2 Å². The van der Waals surface area contributed by atoms with E-state index in [9.17, 15) is 4.79 Å². The van der Waals surface area contributed by atoms with Crippen molar-refractivity contribution < 1.29 is 19.0 Å². The van der Waals surface area contributed by atoms with Gasteiger partial charge < -0.3 is 24.4 Å². The number of hydrogen-bond acceptors (Lipinski definition) is 5. The van der Waals surface area contributed by atoms with Crippen LogP contribution in [-0.4, -0.2) is 44.1 Å². The second-order valence-corrected chi connectivity index (χ2v) is 8.33. The summed E-state index contributed by atoms with van der Waals surface area (Å²) in [5.74, 6) is 1.15. The van der Waals surface area contributed by atoms with Crippen LogP contribution in [0.5, 0.6) is 17.2 Å². The summed E-state index contributed by atoms with van der Waals surface area (Å²) >= 11 is 0. The molecule has 1 heterocycles. The van der Waals surface area contributed by atoms with Crippen molar-refractivity contribution in [3.05, 3.63) is 89.5 Å². The van der Waals surface area contributed by atoms with Gasteiger partial charge in [0.1, 0.15) is 13.2 Å². The van der Waals surface area contributed by atoms with Gasteiger partial charge in [-0.2, -0.15) is 0 Å². The van der Waals surface area contributed by atoms with Crippen molar-refractivity contribution in [1.82, 2.24) is 10.2 Å². The average Bonchev–Trinajstić information content (AvgIpc) is 3.46. The Labute approximate surface area is 215 Å². The van der Waals surface area contributed by atoms with Crippen LogP contribution in [0.3, 0.4) is 0 Å². The number of hydrogen-bond donors (Lipinski definition) is 1. The molecule has 0 atom stereocenters. The van der Waals surface area contributed by atoms with Gasteiger partial charge in [-0.3, -0.25) is 4.79 Å². The number of rotatable bonds is 11. The zero-order chi connectivity index (χ0) is 25.6. The predicted molar refractivity (Wildman–Crippen MR) is 144 cm³/mol. The zero-order valence-corrected chi connectivity index (χ0v) is 21.7. The van der Waals surface area contributed by atoms with E-state index in [1.807, 2.05) is 74.5 Å². The molecule has 0 saturated carbocycles. The maximum Gasteiger partial charge on any atom is 0.255 e. The number of carbonyl (C=O) groups is 1. The van der Waals surface area contributed by atoms with Gasteiger partial charge in [-0.15, -0.1) is 0 Å². The lowest BCUT2D eigenvalue weighted by molar-refractivity contribution is 0.0945. The van der Waals surface area contributed by atoms with E-state index in [0.717, 1.165) is 30.8 Å². The Balaban J connectivity index is 0.00000176. The lowest BCUT2D eigenvalue weighted by atomic mass is 10.1. The van der Waals surface area contributed by atoms with Gasteiger partial charge >= 0.3 is 0 Å². The quantitative estimate of drug-likeness (QED) is 0.373. The first kappa shape index (κ1) is 27.1. The minimum atomic E-state index is -0.185.